The third-order valence-electron chi connectivity index (χ3n) is 3.48. The van der Waals surface area contributed by atoms with Crippen LogP contribution < -0.4 is 11.1 Å². The summed E-state index contributed by atoms with van der Waals surface area (Å²) in [6, 6.07) is 8.58. The zero-order valence-electron chi connectivity index (χ0n) is 9.82. The summed E-state index contributed by atoms with van der Waals surface area (Å²) >= 11 is 0. The summed E-state index contributed by atoms with van der Waals surface area (Å²) in [5.41, 5.74) is 6.60. The fourth-order valence-corrected chi connectivity index (χ4v) is 2.57. The summed E-state index contributed by atoms with van der Waals surface area (Å²) in [6.07, 6.45) is 7.02. The summed E-state index contributed by atoms with van der Waals surface area (Å²) < 4.78 is 0. The first-order chi connectivity index (χ1) is 8.33. The second-order valence-corrected chi connectivity index (χ2v) is 4.77. The Morgan fingerprint density at radius 3 is 2.82 bits per heavy atom. The first kappa shape index (κ1) is 10.4. The SMILES string of the molecule is Nc1ccc2c(NC3CCCC3)nccc2c1. The molecule has 1 aromatic heterocycles. The second-order valence-electron chi connectivity index (χ2n) is 4.77. The van der Waals surface area contributed by atoms with Crippen molar-refractivity contribution in [1.29, 1.82) is 0 Å². The monoisotopic (exact) mass is 227 g/mol. The molecule has 0 aliphatic heterocycles. The smallest absolute Gasteiger partial charge is 0.134 e. The first-order valence-corrected chi connectivity index (χ1v) is 6.24. The number of nitrogens with zero attached hydrogens (tertiary/aromatic N) is 1. The van der Waals surface area contributed by atoms with Gasteiger partial charge in [-0.2, -0.15) is 0 Å². The van der Waals surface area contributed by atoms with Gasteiger partial charge in [-0.1, -0.05) is 12.8 Å². The molecule has 3 heteroatoms. The van der Waals surface area contributed by atoms with Crippen molar-refractivity contribution in [2.75, 3.05) is 11.1 Å². The number of nitrogens with one attached hydrogen (secondary N) is 1. The number of nitrogens with two attached hydrogens (primary N) is 1. The van der Waals surface area contributed by atoms with Gasteiger partial charge in [-0.15, -0.1) is 0 Å². The largest absolute Gasteiger partial charge is 0.399 e. The van der Waals surface area contributed by atoms with Crippen LogP contribution in [0.15, 0.2) is 30.5 Å². The lowest BCUT2D eigenvalue weighted by molar-refractivity contribution is 0.752. The van der Waals surface area contributed by atoms with Gasteiger partial charge in [-0.05, 0) is 42.5 Å². The quantitative estimate of drug-likeness (QED) is 0.775. The van der Waals surface area contributed by atoms with Gasteiger partial charge < -0.3 is 11.1 Å². The van der Waals surface area contributed by atoms with Gasteiger partial charge in [0.2, 0.25) is 0 Å². The van der Waals surface area contributed by atoms with Crippen LogP contribution in [0.4, 0.5) is 11.5 Å². The van der Waals surface area contributed by atoms with Crippen LogP contribution in [0.1, 0.15) is 25.7 Å². The van der Waals surface area contributed by atoms with Crippen molar-refractivity contribution in [2.45, 2.75) is 31.7 Å². The Bertz CT molecular complexity index is 530. The minimum absolute atomic E-state index is 0.589. The second kappa shape index (κ2) is 4.24. The maximum Gasteiger partial charge on any atom is 0.134 e. The number of fused-ring (bicyclic) bond motifs is 1. The average Bonchev–Trinajstić information content (AvgIpc) is 2.82. The van der Waals surface area contributed by atoms with E-state index in [0.29, 0.717) is 6.04 Å². The van der Waals surface area contributed by atoms with Crippen molar-refractivity contribution in [1.82, 2.24) is 4.98 Å². The molecule has 0 atom stereocenters. The summed E-state index contributed by atoms with van der Waals surface area (Å²) in [7, 11) is 0. The van der Waals surface area contributed by atoms with Crippen molar-refractivity contribution < 1.29 is 0 Å². The van der Waals surface area contributed by atoms with Gasteiger partial charge in [0.25, 0.3) is 0 Å². The maximum absolute atomic E-state index is 5.80. The number of anilines is 2. The molecule has 0 spiro atoms. The Kier molecular flexibility index (Phi) is 2.59. The fraction of sp³-hybridized carbons (Fsp3) is 0.357. The number of nitrogen functional groups attached to an aromatic ring is 1. The predicted molar refractivity (Wildman–Crippen MR) is 72.0 cm³/mol. The molecule has 1 saturated carbocycles. The average molecular weight is 227 g/mol. The fourth-order valence-electron chi connectivity index (χ4n) is 2.57. The number of benzene rings is 1. The van der Waals surface area contributed by atoms with Crippen molar-refractivity contribution in [3.63, 3.8) is 0 Å². The molecule has 2 aromatic rings. The van der Waals surface area contributed by atoms with E-state index >= 15 is 0 Å². The molecule has 1 heterocycles. The predicted octanol–water partition coefficient (Wildman–Crippen LogP) is 3.17. The van der Waals surface area contributed by atoms with Crippen molar-refractivity contribution in [2.24, 2.45) is 0 Å². The van der Waals surface area contributed by atoms with Gasteiger partial charge in [-0.25, -0.2) is 4.98 Å². The lowest BCUT2D eigenvalue weighted by Crippen LogP contribution is -2.15. The van der Waals surface area contributed by atoms with Gasteiger partial charge >= 0.3 is 0 Å². The third-order valence-corrected chi connectivity index (χ3v) is 3.48. The van der Waals surface area contributed by atoms with Crippen LogP contribution >= 0.6 is 0 Å². The number of hydrogen-bond donors (Lipinski definition) is 2. The van der Waals surface area contributed by atoms with Crippen molar-refractivity contribution in [3.8, 4) is 0 Å². The van der Waals surface area contributed by atoms with Gasteiger partial charge in [0, 0.05) is 23.3 Å². The van der Waals surface area contributed by atoms with E-state index in [1.807, 2.05) is 24.4 Å². The zero-order valence-corrected chi connectivity index (χ0v) is 9.82. The van der Waals surface area contributed by atoms with E-state index in [1.165, 1.54) is 25.7 Å². The molecule has 1 aromatic carbocycles. The lowest BCUT2D eigenvalue weighted by atomic mass is 10.1. The van der Waals surface area contributed by atoms with Crippen LogP contribution in [0.2, 0.25) is 0 Å². The first-order valence-electron chi connectivity index (χ1n) is 6.24. The Balaban J connectivity index is 1.97. The number of rotatable bonds is 2. The van der Waals surface area contributed by atoms with Gasteiger partial charge in [0.1, 0.15) is 5.82 Å². The molecule has 17 heavy (non-hydrogen) atoms. The summed E-state index contributed by atoms with van der Waals surface area (Å²) in [5.74, 6) is 0.995. The molecule has 0 unspecified atom stereocenters. The molecular weight excluding hydrogens is 210 g/mol. The molecule has 0 radical (unpaired) electrons. The molecule has 1 aliphatic carbocycles. The van der Waals surface area contributed by atoms with Crippen LogP contribution in [0.5, 0.6) is 0 Å². The van der Waals surface area contributed by atoms with Crippen LogP contribution in [0.3, 0.4) is 0 Å². The Morgan fingerprint density at radius 2 is 2.00 bits per heavy atom. The van der Waals surface area contributed by atoms with Gasteiger partial charge in [-0.3, -0.25) is 0 Å². The Hall–Kier alpha value is -1.77. The van der Waals surface area contributed by atoms with Gasteiger partial charge in [0.05, 0.1) is 0 Å². The zero-order chi connectivity index (χ0) is 11.7. The summed E-state index contributed by atoms with van der Waals surface area (Å²) in [5, 5.41) is 5.87. The normalized spacial score (nSPS) is 16.5. The van der Waals surface area contributed by atoms with E-state index in [1.54, 1.807) is 0 Å². The third kappa shape index (κ3) is 2.05. The Labute approximate surface area is 101 Å². The van der Waals surface area contributed by atoms with E-state index in [0.717, 1.165) is 22.3 Å². The molecule has 88 valence electrons. The van der Waals surface area contributed by atoms with Gasteiger partial charge in [0.15, 0.2) is 0 Å². The highest BCUT2D eigenvalue weighted by atomic mass is 15.0. The number of aromatic nitrogens is 1. The highest BCUT2D eigenvalue weighted by molar-refractivity contribution is 5.93. The molecule has 3 N–H and O–H groups in total. The van der Waals surface area contributed by atoms with Crippen LogP contribution in [-0.2, 0) is 0 Å². The minimum atomic E-state index is 0.589. The molecule has 0 amide bonds. The van der Waals surface area contributed by atoms with E-state index in [-0.39, 0.29) is 0 Å². The topological polar surface area (TPSA) is 50.9 Å². The molecule has 0 saturated heterocycles. The van der Waals surface area contributed by atoms with E-state index < -0.39 is 0 Å². The van der Waals surface area contributed by atoms with Crippen molar-refractivity contribution in [3.05, 3.63) is 30.5 Å². The van der Waals surface area contributed by atoms with E-state index in [9.17, 15) is 0 Å². The standard InChI is InChI=1S/C14H17N3/c15-11-5-6-13-10(9-11)7-8-16-14(13)17-12-3-1-2-4-12/h5-9,12H,1-4,15H2,(H,16,17). The molecule has 3 nitrogen and oxygen atoms in total. The highest BCUT2D eigenvalue weighted by Crippen LogP contribution is 2.27. The van der Waals surface area contributed by atoms with E-state index in [2.05, 4.69) is 16.4 Å². The minimum Gasteiger partial charge on any atom is -0.399 e. The molecule has 3 rings (SSSR count). The van der Waals surface area contributed by atoms with Crippen LogP contribution in [0.25, 0.3) is 10.8 Å². The summed E-state index contributed by atoms with van der Waals surface area (Å²) in [4.78, 5) is 4.45. The van der Waals surface area contributed by atoms with Crippen LogP contribution in [-0.4, -0.2) is 11.0 Å². The number of pyridine rings is 1. The molecule has 1 fully saturated rings. The molecule has 0 bridgehead atoms. The van der Waals surface area contributed by atoms with Crippen LogP contribution in [0, 0.1) is 0 Å². The number of hydrogen-bond acceptors (Lipinski definition) is 3. The summed E-state index contributed by atoms with van der Waals surface area (Å²) in [6.45, 7) is 0. The maximum atomic E-state index is 5.80. The van der Waals surface area contributed by atoms with Crippen molar-refractivity contribution >= 4 is 22.3 Å². The highest BCUT2D eigenvalue weighted by Gasteiger charge is 2.15. The molecular formula is C14H17N3. The van der Waals surface area contributed by atoms with E-state index in [4.69, 9.17) is 5.73 Å². The Morgan fingerprint density at radius 1 is 1.18 bits per heavy atom. The lowest BCUT2D eigenvalue weighted by Gasteiger charge is -2.14. The molecule has 1 aliphatic rings.